The zero-order valence-corrected chi connectivity index (χ0v) is 13.1. The standard InChI is InChI=1S/C16H26N2S/c1-3-17-16(2,12-8-4-5-9-12)15-18-13-10-6-7-11-14(13)19-15/h12,17H,3-11H2,1-2H3. The lowest BCUT2D eigenvalue weighted by molar-refractivity contribution is 0.238. The van der Waals surface area contributed by atoms with E-state index in [0.717, 1.165) is 12.5 Å². The average molecular weight is 278 g/mol. The van der Waals surface area contributed by atoms with Gasteiger partial charge in [0.1, 0.15) is 5.01 Å². The van der Waals surface area contributed by atoms with Crippen LogP contribution in [0.15, 0.2) is 0 Å². The fraction of sp³-hybridized carbons (Fsp3) is 0.812. The molecule has 19 heavy (non-hydrogen) atoms. The van der Waals surface area contributed by atoms with Crippen molar-refractivity contribution < 1.29 is 0 Å². The monoisotopic (exact) mass is 278 g/mol. The summed E-state index contributed by atoms with van der Waals surface area (Å²) in [6.07, 6.45) is 10.7. The van der Waals surface area contributed by atoms with E-state index in [1.54, 1.807) is 4.88 Å². The molecule has 106 valence electrons. The van der Waals surface area contributed by atoms with Crippen molar-refractivity contribution in [3.05, 3.63) is 15.6 Å². The predicted octanol–water partition coefficient (Wildman–Crippen LogP) is 4.04. The highest BCUT2D eigenvalue weighted by Gasteiger charge is 2.39. The van der Waals surface area contributed by atoms with E-state index in [0.29, 0.717) is 0 Å². The first-order valence-corrected chi connectivity index (χ1v) is 8.79. The molecule has 2 aliphatic rings. The summed E-state index contributed by atoms with van der Waals surface area (Å²) in [5, 5.41) is 5.14. The molecular formula is C16H26N2S. The molecule has 0 bridgehead atoms. The molecule has 2 nitrogen and oxygen atoms in total. The van der Waals surface area contributed by atoms with Crippen molar-refractivity contribution in [2.75, 3.05) is 6.54 Å². The third kappa shape index (κ3) is 2.47. The highest BCUT2D eigenvalue weighted by atomic mass is 32.1. The number of thiazole rings is 1. The first kappa shape index (κ1) is 13.6. The second kappa shape index (κ2) is 5.53. The molecule has 3 rings (SSSR count). The number of nitrogens with one attached hydrogen (secondary N) is 1. The summed E-state index contributed by atoms with van der Waals surface area (Å²) in [7, 11) is 0. The Morgan fingerprint density at radius 3 is 2.63 bits per heavy atom. The number of aryl methyl sites for hydroxylation is 2. The first-order chi connectivity index (χ1) is 9.24. The minimum Gasteiger partial charge on any atom is -0.306 e. The fourth-order valence-electron chi connectivity index (χ4n) is 3.84. The fourth-order valence-corrected chi connectivity index (χ4v) is 5.19. The predicted molar refractivity (Wildman–Crippen MR) is 81.7 cm³/mol. The van der Waals surface area contributed by atoms with Gasteiger partial charge in [-0.2, -0.15) is 0 Å². The molecule has 0 amide bonds. The van der Waals surface area contributed by atoms with Gasteiger partial charge in [0.15, 0.2) is 0 Å². The van der Waals surface area contributed by atoms with Crippen LogP contribution < -0.4 is 5.32 Å². The maximum Gasteiger partial charge on any atom is 0.113 e. The Balaban J connectivity index is 1.92. The van der Waals surface area contributed by atoms with Crippen LogP contribution in [-0.2, 0) is 18.4 Å². The van der Waals surface area contributed by atoms with Crippen LogP contribution in [0.1, 0.15) is 68.0 Å². The molecule has 1 atom stereocenters. The molecule has 1 fully saturated rings. The molecule has 1 unspecified atom stereocenters. The van der Waals surface area contributed by atoms with Gasteiger partial charge in [-0.3, -0.25) is 0 Å². The van der Waals surface area contributed by atoms with E-state index in [-0.39, 0.29) is 5.54 Å². The van der Waals surface area contributed by atoms with Crippen LogP contribution in [0.5, 0.6) is 0 Å². The van der Waals surface area contributed by atoms with Gasteiger partial charge in [-0.1, -0.05) is 19.8 Å². The summed E-state index contributed by atoms with van der Waals surface area (Å²) < 4.78 is 0. The highest BCUT2D eigenvalue weighted by Crippen LogP contribution is 2.43. The third-order valence-corrected chi connectivity index (χ3v) is 6.40. The number of hydrogen-bond acceptors (Lipinski definition) is 3. The largest absolute Gasteiger partial charge is 0.306 e. The number of rotatable bonds is 4. The minimum atomic E-state index is 0.118. The van der Waals surface area contributed by atoms with Crippen LogP contribution in [0.25, 0.3) is 0 Å². The summed E-state index contributed by atoms with van der Waals surface area (Å²) in [4.78, 5) is 6.61. The maximum atomic E-state index is 5.04. The topological polar surface area (TPSA) is 24.9 Å². The number of hydrogen-bond donors (Lipinski definition) is 1. The summed E-state index contributed by atoms with van der Waals surface area (Å²) in [5.41, 5.74) is 1.53. The zero-order valence-electron chi connectivity index (χ0n) is 12.3. The molecule has 0 aliphatic heterocycles. The quantitative estimate of drug-likeness (QED) is 0.899. The van der Waals surface area contributed by atoms with Gasteiger partial charge in [0, 0.05) is 4.88 Å². The van der Waals surface area contributed by atoms with Crippen LogP contribution in [0.4, 0.5) is 0 Å². The summed E-state index contributed by atoms with van der Waals surface area (Å²) in [5.74, 6) is 0.778. The second-order valence-electron chi connectivity index (χ2n) is 6.31. The van der Waals surface area contributed by atoms with Crippen LogP contribution in [0, 0.1) is 5.92 Å². The van der Waals surface area contributed by atoms with Gasteiger partial charge in [0.05, 0.1) is 11.2 Å². The highest BCUT2D eigenvalue weighted by molar-refractivity contribution is 7.11. The molecule has 2 aliphatic carbocycles. The Morgan fingerprint density at radius 2 is 1.95 bits per heavy atom. The van der Waals surface area contributed by atoms with E-state index >= 15 is 0 Å². The van der Waals surface area contributed by atoms with Gasteiger partial charge in [0.2, 0.25) is 0 Å². The normalized spacial score (nSPS) is 23.3. The molecule has 0 saturated heterocycles. The molecule has 0 spiro atoms. The van der Waals surface area contributed by atoms with E-state index in [2.05, 4.69) is 19.2 Å². The van der Waals surface area contributed by atoms with Crippen LogP contribution in [-0.4, -0.2) is 11.5 Å². The summed E-state index contributed by atoms with van der Waals surface area (Å²) in [6, 6.07) is 0. The minimum absolute atomic E-state index is 0.118. The van der Waals surface area contributed by atoms with Crippen molar-refractivity contribution in [3.63, 3.8) is 0 Å². The average Bonchev–Trinajstić information content (AvgIpc) is 3.08. The Kier molecular flexibility index (Phi) is 3.95. The Labute approximate surface area is 121 Å². The van der Waals surface area contributed by atoms with E-state index in [9.17, 15) is 0 Å². The summed E-state index contributed by atoms with van der Waals surface area (Å²) in [6.45, 7) is 5.66. The van der Waals surface area contributed by atoms with Gasteiger partial charge < -0.3 is 5.32 Å². The van der Waals surface area contributed by atoms with Gasteiger partial charge in [0.25, 0.3) is 0 Å². The molecule has 0 radical (unpaired) electrons. The SMILES string of the molecule is CCNC(C)(c1nc2c(s1)CCCC2)C1CCCC1. The molecule has 1 heterocycles. The van der Waals surface area contributed by atoms with E-state index < -0.39 is 0 Å². The Bertz CT molecular complexity index is 410. The van der Waals surface area contributed by atoms with Crippen molar-refractivity contribution in [1.29, 1.82) is 0 Å². The molecule has 1 aromatic rings. The Morgan fingerprint density at radius 1 is 1.21 bits per heavy atom. The molecule has 1 aromatic heterocycles. The number of nitrogens with zero attached hydrogens (tertiary/aromatic N) is 1. The van der Waals surface area contributed by atoms with Crippen LogP contribution >= 0.6 is 11.3 Å². The summed E-state index contributed by atoms with van der Waals surface area (Å²) >= 11 is 2.00. The van der Waals surface area contributed by atoms with Crippen molar-refractivity contribution >= 4 is 11.3 Å². The number of aromatic nitrogens is 1. The Hall–Kier alpha value is -0.410. The van der Waals surface area contributed by atoms with Crippen molar-refractivity contribution in [2.24, 2.45) is 5.92 Å². The first-order valence-electron chi connectivity index (χ1n) is 7.98. The zero-order chi connectivity index (χ0) is 13.3. The van der Waals surface area contributed by atoms with Crippen LogP contribution in [0.3, 0.4) is 0 Å². The molecular weight excluding hydrogens is 252 g/mol. The smallest absolute Gasteiger partial charge is 0.113 e. The lowest BCUT2D eigenvalue weighted by Crippen LogP contribution is -2.45. The van der Waals surface area contributed by atoms with Crippen molar-refractivity contribution in [2.45, 2.75) is 70.8 Å². The molecule has 1 N–H and O–H groups in total. The van der Waals surface area contributed by atoms with Crippen molar-refractivity contribution in [1.82, 2.24) is 10.3 Å². The lowest BCUT2D eigenvalue weighted by Gasteiger charge is -2.34. The third-order valence-electron chi connectivity index (χ3n) is 5.01. The van der Waals surface area contributed by atoms with Gasteiger partial charge in [-0.15, -0.1) is 11.3 Å². The lowest BCUT2D eigenvalue weighted by atomic mass is 9.84. The van der Waals surface area contributed by atoms with Crippen molar-refractivity contribution in [3.8, 4) is 0 Å². The molecule has 0 aromatic carbocycles. The van der Waals surface area contributed by atoms with E-state index in [1.165, 1.54) is 62.1 Å². The van der Waals surface area contributed by atoms with Gasteiger partial charge in [-0.05, 0) is 57.9 Å². The van der Waals surface area contributed by atoms with Gasteiger partial charge in [-0.25, -0.2) is 4.98 Å². The van der Waals surface area contributed by atoms with E-state index in [4.69, 9.17) is 4.98 Å². The maximum absolute atomic E-state index is 5.04. The molecule has 3 heteroatoms. The van der Waals surface area contributed by atoms with Gasteiger partial charge >= 0.3 is 0 Å². The van der Waals surface area contributed by atoms with E-state index in [1.807, 2.05) is 11.3 Å². The number of fused-ring (bicyclic) bond motifs is 1. The van der Waals surface area contributed by atoms with Crippen LogP contribution in [0.2, 0.25) is 0 Å². The molecule has 1 saturated carbocycles. The second-order valence-corrected chi connectivity index (χ2v) is 7.39.